The maximum Gasteiger partial charge on any atom is 0.321 e. The SMILES string of the molecule is CCS(=O)(=O)CCCN1CCSCC1C(=O)O. The zero-order valence-electron chi connectivity index (χ0n) is 9.96. The second kappa shape index (κ2) is 6.61. The van der Waals surface area contributed by atoms with Gasteiger partial charge in [0.1, 0.15) is 15.9 Å². The summed E-state index contributed by atoms with van der Waals surface area (Å²) >= 11 is 1.64. The van der Waals surface area contributed by atoms with Gasteiger partial charge in [-0.15, -0.1) is 0 Å². The Morgan fingerprint density at radius 3 is 2.82 bits per heavy atom. The van der Waals surface area contributed by atoms with E-state index in [1.165, 1.54) is 0 Å². The molecule has 0 aliphatic carbocycles. The Hall–Kier alpha value is -0.270. The van der Waals surface area contributed by atoms with Gasteiger partial charge >= 0.3 is 5.97 Å². The van der Waals surface area contributed by atoms with E-state index in [2.05, 4.69) is 0 Å². The molecular formula is C10H19NO4S2. The molecule has 1 N–H and O–H groups in total. The van der Waals surface area contributed by atoms with Crippen molar-refractivity contribution in [3.8, 4) is 0 Å². The summed E-state index contributed by atoms with van der Waals surface area (Å²) < 4.78 is 22.6. The van der Waals surface area contributed by atoms with Crippen molar-refractivity contribution in [1.82, 2.24) is 4.90 Å². The molecule has 1 saturated heterocycles. The van der Waals surface area contributed by atoms with Crippen molar-refractivity contribution in [2.24, 2.45) is 0 Å². The van der Waals surface area contributed by atoms with Crippen molar-refractivity contribution in [3.05, 3.63) is 0 Å². The fourth-order valence-corrected chi connectivity index (χ4v) is 3.73. The van der Waals surface area contributed by atoms with Crippen LogP contribution in [-0.4, -0.2) is 66.5 Å². The van der Waals surface area contributed by atoms with E-state index in [1.807, 2.05) is 4.90 Å². The lowest BCUT2D eigenvalue weighted by molar-refractivity contribution is -0.142. The number of nitrogens with zero attached hydrogens (tertiary/aromatic N) is 1. The fourth-order valence-electron chi connectivity index (χ4n) is 1.77. The topological polar surface area (TPSA) is 74.7 Å². The lowest BCUT2D eigenvalue weighted by atomic mass is 10.2. The molecule has 1 aliphatic heterocycles. The number of hydrogen-bond acceptors (Lipinski definition) is 5. The predicted octanol–water partition coefficient (Wildman–Crippen LogP) is 0.313. The van der Waals surface area contributed by atoms with Crippen LogP contribution in [0.4, 0.5) is 0 Å². The first kappa shape index (κ1) is 14.8. The minimum absolute atomic E-state index is 0.152. The van der Waals surface area contributed by atoms with Crippen LogP contribution in [0.2, 0.25) is 0 Å². The third-order valence-electron chi connectivity index (χ3n) is 2.86. The molecule has 17 heavy (non-hydrogen) atoms. The lowest BCUT2D eigenvalue weighted by Crippen LogP contribution is -2.47. The molecule has 0 aromatic rings. The summed E-state index contributed by atoms with van der Waals surface area (Å²) in [6.45, 7) is 2.91. The third-order valence-corrected chi connectivity index (χ3v) is 5.68. The van der Waals surface area contributed by atoms with Gasteiger partial charge in [-0.25, -0.2) is 8.42 Å². The van der Waals surface area contributed by atoms with Gasteiger partial charge in [0.2, 0.25) is 0 Å². The predicted molar refractivity (Wildman–Crippen MR) is 69.3 cm³/mol. The molecule has 1 aliphatic rings. The van der Waals surface area contributed by atoms with E-state index in [-0.39, 0.29) is 11.5 Å². The number of hydrogen-bond donors (Lipinski definition) is 1. The van der Waals surface area contributed by atoms with Crippen LogP contribution in [-0.2, 0) is 14.6 Å². The van der Waals surface area contributed by atoms with Gasteiger partial charge in [-0.1, -0.05) is 6.92 Å². The molecule has 7 heteroatoms. The Morgan fingerprint density at radius 1 is 1.53 bits per heavy atom. The molecule has 0 radical (unpaired) electrons. The molecule has 0 saturated carbocycles. The molecule has 1 atom stereocenters. The molecule has 0 aromatic heterocycles. The number of aliphatic carboxylic acids is 1. The van der Waals surface area contributed by atoms with E-state index in [1.54, 1.807) is 18.7 Å². The monoisotopic (exact) mass is 281 g/mol. The molecule has 1 fully saturated rings. The minimum Gasteiger partial charge on any atom is -0.480 e. The van der Waals surface area contributed by atoms with Gasteiger partial charge in [-0.2, -0.15) is 11.8 Å². The van der Waals surface area contributed by atoms with Crippen molar-refractivity contribution in [2.75, 3.05) is 36.1 Å². The van der Waals surface area contributed by atoms with Gasteiger partial charge in [0.15, 0.2) is 0 Å². The van der Waals surface area contributed by atoms with E-state index >= 15 is 0 Å². The van der Waals surface area contributed by atoms with E-state index in [9.17, 15) is 13.2 Å². The van der Waals surface area contributed by atoms with E-state index in [4.69, 9.17) is 5.11 Å². The Kier molecular flexibility index (Phi) is 5.75. The number of sulfone groups is 1. The Labute approximate surface area is 106 Å². The standard InChI is InChI=1S/C10H19NO4S2/c1-2-17(14,15)7-3-4-11-5-6-16-8-9(11)10(12)13/h9H,2-8H2,1H3,(H,12,13). The first-order valence-electron chi connectivity index (χ1n) is 5.71. The maximum absolute atomic E-state index is 11.3. The van der Waals surface area contributed by atoms with Gasteiger partial charge in [0, 0.05) is 30.3 Å². The summed E-state index contributed by atoms with van der Waals surface area (Å²) in [4.78, 5) is 12.9. The lowest BCUT2D eigenvalue weighted by Gasteiger charge is -2.32. The van der Waals surface area contributed by atoms with Gasteiger partial charge in [0.25, 0.3) is 0 Å². The zero-order valence-corrected chi connectivity index (χ0v) is 11.6. The van der Waals surface area contributed by atoms with Gasteiger partial charge < -0.3 is 5.11 Å². The van der Waals surface area contributed by atoms with Crippen molar-refractivity contribution in [2.45, 2.75) is 19.4 Å². The third kappa shape index (κ3) is 4.85. The second-order valence-electron chi connectivity index (χ2n) is 4.05. The highest BCUT2D eigenvalue weighted by molar-refractivity contribution is 7.99. The largest absolute Gasteiger partial charge is 0.480 e. The highest BCUT2D eigenvalue weighted by atomic mass is 32.2. The number of carbonyl (C=O) groups is 1. The molecule has 0 aromatic carbocycles. The summed E-state index contributed by atoms with van der Waals surface area (Å²) in [6.07, 6.45) is 0.518. The molecule has 5 nitrogen and oxygen atoms in total. The van der Waals surface area contributed by atoms with Gasteiger partial charge in [0.05, 0.1) is 5.75 Å². The van der Waals surface area contributed by atoms with Crippen LogP contribution in [0.1, 0.15) is 13.3 Å². The quantitative estimate of drug-likeness (QED) is 0.755. The van der Waals surface area contributed by atoms with Crippen LogP contribution in [0.3, 0.4) is 0 Å². The fraction of sp³-hybridized carbons (Fsp3) is 0.900. The second-order valence-corrected chi connectivity index (χ2v) is 7.68. The molecule has 1 rings (SSSR count). The summed E-state index contributed by atoms with van der Waals surface area (Å²) in [7, 11) is -2.94. The van der Waals surface area contributed by atoms with Crippen molar-refractivity contribution < 1.29 is 18.3 Å². The van der Waals surface area contributed by atoms with Crippen molar-refractivity contribution >= 4 is 27.6 Å². The molecule has 0 spiro atoms. The highest BCUT2D eigenvalue weighted by Gasteiger charge is 2.28. The van der Waals surface area contributed by atoms with Crippen LogP contribution in [0.5, 0.6) is 0 Å². The van der Waals surface area contributed by atoms with Crippen LogP contribution in [0, 0.1) is 0 Å². The molecule has 0 amide bonds. The van der Waals surface area contributed by atoms with Crippen LogP contribution < -0.4 is 0 Å². The molecule has 1 unspecified atom stereocenters. The number of carboxylic acid groups (broad SMARTS) is 1. The molecule has 1 heterocycles. The molecule has 0 bridgehead atoms. The Balaban J connectivity index is 2.41. The Morgan fingerprint density at radius 2 is 2.24 bits per heavy atom. The van der Waals surface area contributed by atoms with Crippen molar-refractivity contribution in [1.29, 1.82) is 0 Å². The smallest absolute Gasteiger partial charge is 0.321 e. The Bertz CT molecular complexity index is 355. The average Bonchev–Trinajstić information content (AvgIpc) is 2.29. The summed E-state index contributed by atoms with van der Waals surface area (Å²) in [5.41, 5.74) is 0. The summed E-state index contributed by atoms with van der Waals surface area (Å²) in [6, 6.07) is -0.460. The van der Waals surface area contributed by atoms with Gasteiger partial charge in [-0.3, -0.25) is 9.69 Å². The number of thioether (sulfide) groups is 1. The summed E-state index contributed by atoms with van der Waals surface area (Å²) in [5, 5.41) is 9.04. The first-order chi connectivity index (χ1) is 7.96. The first-order valence-corrected chi connectivity index (χ1v) is 8.69. The summed E-state index contributed by atoms with van der Waals surface area (Å²) in [5.74, 6) is 1.01. The maximum atomic E-state index is 11.3. The van der Waals surface area contributed by atoms with Crippen LogP contribution in [0.15, 0.2) is 0 Å². The van der Waals surface area contributed by atoms with Crippen LogP contribution >= 0.6 is 11.8 Å². The van der Waals surface area contributed by atoms with E-state index in [0.717, 1.165) is 12.3 Å². The normalized spacial score (nSPS) is 22.5. The van der Waals surface area contributed by atoms with Gasteiger partial charge in [-0.05, 0) is 6.42 Å². The molecular weight excluding hydrogens is 262 g/mol. The zero-order chi connectivity index (χ0) is 12.9. The average molecular weight is 281 g/mol. The number of carboxylic acids is 1. The van der Waals surface area contributed by atoms with E-state index in [0.29, 0.717) is 18.7 Å². The van der Waals surface area contributed by atoms with Crippen LogP contribution in [0.25, 0.3) is 0 Å². The molecule has 100 valence electrons. The van der Waals surface area contributed by atoms with Crippen molar-refractivity contribution in [3.63, 3.8) is 0 Å². The van der Waals surface area contributed by atoms with E-state index < -0.39 is 21.8 Å². The number of rotatable bonds is 6. The highest BCUT2D eigenvalue weighted by Crippen LogP contribution is 2.17. The minimum atomic E-state index is -2.94.